The summed E-state index contributed by atoms with van der Waals surface area (Å²) in [5, 5.41) is 10.9. The van der Waals surface area contributed by atoms with Gasteiger partial charge in [0.1, 0.15) is 5.82 Å². The molecule has 5 heteroatoms. The second-order valence-electron chi connectivity index (χ2n) is 6.32. The standard InChI is InChI=1S/C20H20ClN3S/c1-2-24-19(16-8-9-16)22-23-20(24)25-18(14-6-4-3-5-7-14)15-10-12-17(21)13-11-15/h3-7,10-13,16,18H,2,8-9H2,1H3. The van der Waals surface area contributed by atoms with Gasteiger partial charge in [0.2, 0.25) is 0 Å². The highest BCUT2D eigenvalue weighted by molar-refractivity contribution is 7.99. The Morgan fingerprint density at radius 3 is 2.36 bits per heavy atom. The molecule has 0 saturated heterocycles. The van der Waals surface area contributed by atoms with Crippen molar-refractivity contribution in [3.8, 4) is 0 Å². The molecule has 1 saturated carbocycles. The highest BCUT2D eigenvalue weighted by Gasteiger charge is 2.30. The summed E-state index contributed by atoms with van der Waals surface area (Å²) in [7, 11) is 0. The van der Waals surface area contributed by atoms with Crippen LogP contribution in [0.5, 0.6) is 0 Å². The minimum Gasteiger partial charge on any atom is -0.306 e. The number of benzene rings is 2. The van der Waals surface area contributed by atoms with E-state index in [1.165, 1.54) is 24.0 Å². The van der Waals surface area contributed by atoms with E-state index >= 15 is 0 Å². The molecule has 1 aliphatic rings. The van der Waals surface area contributed by atoms with Gasteiger partial charge in [0, 0.05) is 17.5 Å². The summed E-state index contributed by atoms with van der Waals surface area (Å²) >= 11 is 7.85. The van der Waals surface area contributed by atoms with E-state index in [0.29, 0.717) is 5.92 Å². The maximum absolute atomic E-state index is 6.08. The van der Waals surface area contributed by atoms with Gasteiger partial charge >= 0.3 is 0 Å². The summed E-state index contributed by atoms with van der Waals surface area (Å²) in [4.78, 5) is 0. The second kappa shape index (κ2) is 7.22. The second-order valence-corrected chi connectivity index (χ2v) is 7.83. The third kappa shape index (κ3) is 3.60. The van der Waals surface area contributed by atoms with Crippen LogP contribution in [-0.2, 0) is 6.54 Å². The number of hydrogen-bond donors (Lipinski definition) is 0. The molecule has 1 unspecified atom stereocenters. The predicted molar refractivity (Wildman–Crippen MR) is 103 cm³/mol. The van der Waals surface area contributed by atoms with Crippen molar-refractivity contribution in [3.05, 3.63) is 76.6 Å². The minimum atomic E-state index is 0.167. The average molecular weight is 370 g/mol. The fourth-order valence-electron chi connectivity index (χ4n) is 3.03. The molecular formula is C20H20ClN3S. The molecule has 25 heavy (non-hydrogen) atoms. The zero-order valence-corrected chi connectivity index (χ0v) is 15.7. The van der Waals surface area contributed by atoms with E-state index < -0.39 is 0 Å². The monoisotopic (exact) mass is 369 g/mol. The first kappa shape index (κ1) is 16.7. The Morgan fingerprint density at radius 2 is 1.72 bits per heavy atom. The van der Waals surface area contributed by atoms with Gasteiger partial charge in [-0.15, -0.1) is 10.2 Å². The molecule has 0 aliphatic heterocycles. The quantitative estimate of drug-likeness (QED) is 0.521. The van der Waals surface area contributed by atoms with Crippen molar-refractivity contribution in [2.45, 2.75) is 42.6 Å². The Balaban J connectivity index is 1.70. The van der Waals surface area contributed by atoms with Crippen molar-refractivity contribution in [3.63, 3.8) is 0 Å². The van der Waals surface area contributed by atoms with Crippen LogP contribution < -0.4 is 0 Å². The number of halogens is 1. The lowest BCUT2D eigenvalue weighted by Gasteiger charge is -2.18. The van der Waals surface area contributed by atoms with Crippen LogP contribution in [0.4, 0.5) is 0 Å². The molecule has 3 aromatic rings. The van der Waals surface area contributed by atoms with Gasteiger partial charge in [-0.3, -0.25) is 0 Å². The summed E-state index contributed by atoms with van der Waals surface area (Å²) in [6.45, 7) is 3.07. The van der Waals surface area contributed by atoms with Crippen LogP contribution in [0.1, 0.15) is 47.9 Å². The van der Waals surface area contributed by atoms with Crippen molar-refractivity contribution >= 4 is 23.4 Å². The lowest BCUT2D eigenvalue weighted by atomic mass is 10.0. The van der Waals surface area contributed by atoms with E-state index in [9.17, 15) is 0 Å². The van der Waals surface area contributed by atoms with E-state index in [1.807, 2.05) is 18.2 Å². The van der Waals surface area contributed by atoms with Gasteiger partial charge in [-0.25, -0.2) is 0 Å². The van der Waals surface area contributed by atoms with E-state index in [4.69, 9.17) is 11.6 Å². The number of thioether (sulfide) groups is 1. The SMILES string of the molecule is CCn1c(SC(c2ccccc2)c2ccc(Cl)cc2)nnc1C1CC1. The normalized spacial score (nSPS) is 15.3. The number of aromatic nitrogens is 3. The van der Waals surface area contributed by atoms with Crippen LogP contribution >= 0.6 is 23.4 Å². The van der Waals surface area contributed by atoms with Crippen molar-refractivity contribution in [2.75, 3.05) is 0 Å². The van der Waals surface area contributed by atoms with E-state index in [2.05, 4.69) is 58.1 Å². The van der Waals surface area contributed by atoms with E-state index in [0.717, 1.165) is 22.5 Å². The lowest BCUT2D eigenvalue weighted by molar-refractivity contribution is 0.643. The van der Waals surface area contributed by atoms with Crippen LogP contribution in [0.25, 0.3) is 0 Å². The van der Waals surface area contributed by atoms with Crippen LogP contribution in [0.2, 0.25) is 5.02 Å². The van der Waals surface area contributed by atoms with Crippen LogP contribution in [0.3, 0.4) is 0 Å². The van der Waals surface area contributed by atoms with Gasteiger partial charge in [-0.2, -0.15) is 0 Å². The molecule has 0 bridgehead atoms. The van der Waals surface area contributed by atoms with Crippen LogP contribution in [0.15, 0.2) is 59.8 Å². The summed E-state index contributed by atoms with van der Waals surface area (Å²) in [6.07, 6.45) is 2.48. The summed E-state index contributed by atoms with van der Waals surface area (Å²) in [5.41, 5.74) is 2.48. The Labute approximate surface area is 157 Å². The number of hydrogen-bond acceptors (Lipinski definition) is 3. The molecule has 0 amide bonds. The molecule has 1 aliphatic carbocycles. The number of nitrogens with zero attached hydrogens (tertiary/aromatic N) is 3. The Kier molecular flexibility index (Phi) is 4.82. The van der Waals surface area contributed by atoms with Crippen LogP contribution in [0, 0.1) is 0 Å². The molecule has 4 rings (SSSR count). The molecule has 3 nitrogen and oxygen atoms in total. The first-order valence-corrected chi connectivity index (χ1v) is 9.92. The fourth-order valence-corrected chi connectivity index (χ4v) is 4.39. The van der Waals surface area contributed by atoms with Gasteiger partial charge < -0.3 is 4.57 Å². The fraction of sp³-hybridized carbons (Fsp3) is 0.300. The van der Waals surface area contributed by atoms with E-state index in [1.54, 1.807) is 11.8 Å². The first-order valence-electron chi connectivity index (χ1n) is 8.66. The lowest BCUT2D eigenvalue weighted by Crippen LogP contribution is -2.04. The molecule has 1 fully saturated rings. The van der Waals surface area contributed by atoms with Gasteiger partial charge in [-0.1, -0.05) is 65.8 Å². The topological polar surface area (TPSA) is 30.7 Å². The molecule has 1 atom stereocenters. The van der Waals surface area contributed by atoms with Crippen molar-refractivity contribution in [1.29, 1.82) is 0 Å². The predicted octanol–water partition coefficient (Wildman–Crippen LogP) is 5.71. The first-order chi connectivity index (χ1) is 12.3. The zero-order valence-electron chi connectivity index (χ0n) is 14.1. The average Bonchev–Trinajstić information content (AvgIpc) is 3.41. The minimum absolute atomic E-state index is 0.167. The summed E-state index contributed by atoms with van der Waals surface area (Å²) in [6, 6.07) is 18.6. The third-order valence-electron chi connectivity index (χ3n) is 4.50. The van der Waals surface area contributed by atoms with Gasteiger partial charge in [0.15, 0.2) is 5.16 Å². The van der Waals surface area contributed by atoms with Gasteiger partial charge in [0.25, 0.3) is 0 Å². The molecule has 128 valence electrons. The van der Waals surface area contributed by atoms with Crippen molar-refractivity contribution in [1.82, 2.24) is 14.8 Å². The van der Waals surface area contributed by atoms with Gasteiger partial charge in [-0.05, 0) is 43.0 Å². The zero-order chi connectivity index (χ0) is 17.2. The molecule has 0 N–H and O–H groups in total. The molecule has 1 heterocycles. The molecule has 2 aromatic carbocycles. The van der Waals surface area contributed by atoms with Crippen molar-refractivity contribution < 1.29 is 0 Å². The molecular weight excluding hydrogens is 350 g/mol. The Morgan fingerprint density at radius 1 is 1.04 bits per heavy atom. The Bertz CT molecular complexity index is 841. The summed E-state index contributed by atoms with van der Waals surface area (Å²) in [5.74, 6) is 1.75. The Hall–Kier alpha value is -1.78. The van der Waals surface area contributed by atoms with Crippen LogP contribution in [-0.4, -0.2) is 14.8 Å². The highest BCUT2D eigenvalue weighted by atomic mass is 35.5. The largest absolute Gasteiger partial charge is 0.306 e. The molecule has 0 radical (unpaired) electrons. The maximum atomic E-state index is 6.08. The summed E-state index contributed by atoms with van der Waals surface area (Å²) < 4.78 is 2.27. The maximum Gasteiger partial charge on any atom is 0.192 e. The number of rotatable bonds is 6. The van der Waals surface area contributed by atoms with Gasteiger partial charge in [0.05, 0.1) is 5.25 Å². The molecule has 1 aromatic heterocycles. The molecule has 0 spiro atoms. The van der Waals surface area contributed by atoms with E-state index in [-0.39, 0.29) is 5.25 Å². The van der Waals surface area contributed by atoms with Crippen molar-refractivity contribution in [2.24, 2.45) is 0 Å². The smallest absolute Gasteiger partial charge is 0.192 e. The third-order valence-corrected chi connectivity index (χ3v) is 6.05. The highest BCUT2D eigenvalue weighted by Crippen LogP contribution is 2.43.